The predicted octanol–water partition coefficient (Wildman–Crippen LogP) is 3.26. The van der Waals surface area contributed by atoms with Crippen molar-refractivity contribution in [1.29, 1.82) is 0 Å². The van der Waals surface area contributed by atoms with E-state index in [1.807, 2.05) is 19.2 Å². The number of aromatic nitrogens is 1. The fraction of sp³-hybridized carbons (Fsp3) is 0.421. The molecule has 8 heteroatoms. The van der Waals surface area contributed by atoms with Gasteiger partial charge in [0.1, 0.15) is 10.7 Å². The maximum Gasteiger partial charge on any atom is 0.355 e. The number of nitrogens with zero attached hydrogens (tertiary/aromatic N) is 1. The van der Waals surface area contributed by atoms with Crippen molar-refractivity contribution in [1.82, 2.24) is 4.57 Å². The number of thiophene rings is 1. The molecular weight excluding hydrogens is 368 g/mol. The summed E-state index contributed by atoms with van der Waals surface area (Å²) in [5.74, 6) is -1.22. The van der Waals surface area contributed by atoms with E-state index in [4.69, 9.17) is 9.47 Å². The van der Waals surface area contributed by atoms with Crippen LogP contribution in [0, 0.1) is 5.92 Å². The first-order chi connectivity index (χ1) is 12.8. The zero-order valence-corrected chi connectivity index (χ0v) is 16.7. The Morgan fingerprint density at radius 1 is 1.22 bits per heavy atom. The normalized spacial score (nSPS) is 10.7. The Morgan fingerprint density at radius 3 is 2.56 bits per heavy atom. The van der Waals surface area contributed by atoms with E-state index < -0.39 is 24.5 Å². The number of esters is 2. The molecule has 0 saturated heterocycles. The minimum Gasteiger partial charge on any atom is -0.462 e. The third-order valence-electron chi connectivity index (χ3n) is 3.72. The molecule has 2 aromatic heterocycles. The summed E-state index contributed by atoms with van der Waals surface area (Å²) in [5, 5.41) is 4.91. The molecule has 1 N–H and O–H groups in total. The van der Waals surface area contributed by atoms with E-state index in [1.165, 1.54) is 11.3 Å². The minimum atomic E-state index is -0.588. The molecule has 27 heavy (non-hydrogen) atoms. The van der Waals surface area contributed by atoms with E-state index in [-0.39, 0.29) is 6.61 Å². The molecule has 2 rings (SSSR count). The van der Waals surface area contributed by atoms with Gasteiger partial charge < -0.3 is 19.4 Å². The number of hydrogen-bond acceptors (Lipinski definition) is 6. The second kappa shape index (κ2) is 9.36. The summed E-state index contributed by atoms with van der Waals surface area (Å²) in [6, 6.07) is 3.32. The SMILES string of the molecule is CCOC(=O)c1c(CC(C)C)csc1NC(=O)COC(=O)c1cccn1C. The summed E-state index contributed by atoms with van der Waals surface area (Å²) >= 11 is 1.26. The average molecular weight is 392 g/mol. The number of hydrogen-bond donors (Lipinski definition) is 1. The summed E-state index contributed by atoms with van der Waals surface area (Å²) in [6.45, 7) is 5.64. The fourth-order valence-corrected chi connectivity index (χ4v) is 3.52. The highest BCUT2D eigenvalue weighted by molar-refractivity contribution is 7.15. The van der Waals surface area contributed by atoms with Crippen LogP contribution in [0.25, 0.3) is 0 Å². The highest BCUT2D eigenvalue weighted by Gasteiger charge is 2.22. The van der Waals surface area contributed by atoms with E-state index in [1.54, 1.807) is 36.9 Å². The largest absolute Gasteiger partial charge is 0.462 e. The second-order valence-electron chi connectivity index (χ2n) is 6.41. The Balaban J connectivity index is 2.06. The van der Waals surface area contributed by atoms with Crippen LogP contribution in [0.4, 0.5) is 5.00 Å². The second-order valence-corrected chi connectivity index (χ2v) is 7.29. The van der Waals surface area contributed by atoms with E-state index in [2.05, 4.69) is 5.32 Å². The van der Waals surface area contributed by atoms with Crippen LogP contribution in [-0.4, -0.2) is 35.6 Å². The quantitative estimate of drug-likeness (QED) is 0.697. The Kier molecular flexibility index (Phi) is 7.18. The molecule has 0 atom stereocenters. The first-order valence-electron chi connectivity index (χ1n) is 8.69. The topological polar surface area (TPSA) is 86.6 Å². The van der Waals surface area contributed by atoms with Gasteiger partial charge in [0.15, 0.2) is 6.61 Å². The number of aryl methyl sites for hydroxylation is 1. The van der Waals surface area contributed by atoms with Crippen molar-refractivity contribution in [3.05, 3.63) is 40.5 Å². The van der Waals surface area contributed by atoms with Crippen LogP contribution in [0.5, 0.6) is 0 Å². The highest BCUT2D eigenvalue weighted by Crippen LogP contribution is 2.30. The van der Waals surface area contributed by atoms with Crippen LogP contribution in [0.3, 0.4) is 0 Å². The number of anilines is 1. The lowest BCUT2D eigenvalue weighted by Gasteiger charge is -2.10. The number of rotatable bonds is 8. The van der Waals surface area contributed by atoms with Gasteiger partial charge in [0.25, 0.3) is 5.91 Å². The van der Waals surface area contributed by atoms with Gasteiger partial charge in [0.05, 0.1) is 12.2 Å². The predicted molar refractivity (Wildman–Crippen MR) is 103 cm³/mol. The molecule has 0 saturated carbocycles. The van der Waals surface area contributed by atoms with Gasteiger partial charge in [0, 0.05) is 13.2 Å². The Morgan fingerprint density at radius 2 is 1.96 bits per heavy atom. The molecule has 146 valence electrons. The van der Waals surface area contributed by atoms with Gasteiger partial charge in [-0.15, -0.1) is 11.3 Å². The number of ether oxygens (including phenoxy) is 2. The van der Waals surface area contributed by atoms with Gasteiger partial charge in [-0.2, -0.15) is 0 Å². The highest BCUT2D eigenvalue weighted by atomic mass is 32.1. The molecule has 0 unspecified atom stereocenters. The third kappa shape index (κ3) is 5.43. The van der Waals surface area contributed by atoms with Crippen LogP contribution in [0.15, 0.2) is 23.7 Å². The van der Waals surface area contributed by atoms with Gasteiger partial charge in [0.2, 0.25) is 0 Å². The van der Waals surface area contributed by atoms with Gasteiger partial charge in [-0.05, 0) is 42.3 Å². The summed E-state index contributed by atoms with van der Waals surface area (Å²) in [5.41, 5.74) is 1.56. The molecule has 0 aromatic carbocycles. The molecule has 2 aromatic rings. The lowest BCUT2D eigenvalue weighted by Crippen LogP contribution is -2.22. The molecule has 2 heterocycles. The van der Waals surface area contributed by atoms with Crippen LogP contribution in [0.2, 0.25) is 0 Å². The molecule has 0 aliphatic heterocycles. The molecule has 7 nitrogen and oxygen atoms in total. The summed E-state index contributed by atoms with van der Waals surface area (Å²) in [7, 11) is 1.71. The van der Waals surface area contributed by atoms with Crippen LogP contribution in [0.1, 0.15) is 47.2 Å². The first kappa shape index (κ1) is 20.7. The van der Waals surface area contributed by atoms with Crippen LogP contribution >= 0.6 is 11.3 Å². The van der Waals surface area contributed by atoms with Crippen molar-refractivity contribution in [2.45, 2.75) is 27.2 Å². The zero-order chi connectivity index (χ0) is 20.0. The average Bonchev–Trinajstić information content (AvgIpc) is 3.19. The number of amides is 1. The van der Waals surface area contributed by atoms with Crippen LogP contribution < -0.4 is 5.32 Å². The van der Waals surface area contributed by atoms with Crippen molar-refractivity contribution in [2.24, 2.45) is 13.0 Å². The van der Waals surface area contributed by atoms with Crippen molar-refractivity contribution >= 4 is 34.2 Å². The van der Waals surface area contributed by atoms with Gasteiger partial charge >= 0.3 is 11.9 Å². The summed E-state index contributed by atoms with van der Waals surface area (Å²) in [4.78, 5) is 36.5. The minimum absolute atomic E-state index is 0.247. The van der Waals surface area contributed by atoms with E-state index in [0.717, 1.165) is 5.56 Å². The lowest BCUT2D eigenvalue weighted by molar-refractivity contribution is -0.119. The molecule has 0 bridgehead atoms. The van der Waals surface area contributed by atoms with E-state index in [0.29, 0.717) is 28.6 Å². The molecule has 0 fully saturated rings. The monoisotopic (exact) mass is 392 g/mol. The first-order valence-corrected chi connectivity index (χ1v) is 9.57. The Bertz CT molecular complexity index is 822. The maximum atomic E-state index is 12.3. The third-order valence-corrected chi connectivity index (χ3v) is 4.66. The fourth-order valence-electron chi connectivity index (χ4n) is 2.54. The standard InChI is InChI=1S/C19H24N2O5S/c1-5-25-19(24)16-13(9-12(2)3)11-27-17(16)20-15(22)10-26-18(23)14-7-6-8-21(14)4/h6-8,11-12H,5,9-10H2,1-4H3,(H,20,22). The maximum absolute atomic E-state index is 12.3. The van der Waals surface area contributed by atoms with Crippen molar-refractivity contribution < 1.29 is 23.9 Å². The van der Waals surface area contributed by atoms with Gasteiger partial charge in [-0.3, -0.25) is 4.79 Å². The smallest absolute Gasteiger partial charge is 0.355 e. The van der Waals surface area contributed by atoms with Crippen molar-refractivity contribution in [3.63, 3.8) is 0 Å². The molecule has 0 radical (unpaired) electrons. The van der Waals surface area contributed by atoms with Crippen molar-refractivity contribution in [3.8, 4) is 0 Å². The molecule has 0 aliphatic carbocycles. The van der Waals surface area contributed by atoms with Gasteiger partial charge in [-0.25, -0.2) is 9.59 Å². The zero-order valence-electron chi connectivity index (χ0n) is 15.9. The van der Waals surface area contributed by atoms with E-state index >= 15 is 0 Å². The summed E-state index contributed by atoms with van der Waals surface area (Å²) < 4.78 is 11.8. The number of carbonyl (C=O) groups is 3. The number of carbonyl (C=O) groups excluding carboxylic acids is 3. The number of nitrogens with one attached hydrogen (secondary N) is 1. The molecule has 0 spiro atoms. The van der Waals surface area contributed by atoms with Crippen LogP contribution in [-0.2, 0) is 27.7 Å². The van der Waals surface area contributed by atoms with Crippen molar-refractivity contribution in [2.75, 3.05) is 18.5 Å². The van der Waals surface area contributed by atoms with E-state index in [9.17, 15) is 14.4 Å². The Labute approximate surface area is 162 Å². The molecule has 0 aliphatic rings. The summed E-state index contributed by atoms with van der Waals surface area (Å²) in [6.07, 6.45) is 2.41. The molecule has 1 amide bonds. The molecular formula is C19H24N2O5S. The van der Waals surface area contributed by atoms with Gasteiger partial charge in [-0.1, -0.05) is 13.8 Å². The Hall–Kier alpha value is -2.61. The lowest BCUT2D eigenvalue weighted by atomic mass is 10.0.